The van der Waals surface area contributed by atoms with E-state index in [9.17, 15) is 0 Å². The van der Waals surface area contributed by atoms with Crippen molar-refractivity contribution in [1.82, 2.24) is 19.6 Å². The maximum Gasteiger partial charge on any atom is 0.0109 e. The van der Waals surface area contributed by atoms with Gasteiger partial charge in [0, 0.05) is 26.2 Å². The second-order valence-corrected chi connectivity index (χ2v) is 7.24. The average molecular weight is 311 g/mol. The van der Waals surface area contributed by atoms with Crippen LogP contribution in [0, 0.1) is 0 Å². The molecule has 0 spiro atoms. The molecular weight excluding hydrogens is 272 g/mol. The summed E-state index contributed by atoms with van der Waals surface area (Å²) in [5.41, 5.74) is 0. The van der Waals surface area contributed by atoms with E-state index in [2.05, 4.69) is 33.6 Å². The summed E-state index contributed by atoms with van der Waals surface area (Å²) in [7, 11) is 2.29. The monoisotopic (exact) mass is 310 g/mol. The molecule has 0 saturated carbocycles. The molecule has 0 N–H and O–H groups in total. The van der Waals surface area contributed by atoms with Crippen molar-refractivity contribution in [2.45, 2.75) is 39.0 Å². The first kappa shape index (κ1) is 18.2. The van der Waals surface area contributed by atoms with Crippen LogP contribution >= 0.6 is 0 Å². The van der Waals surface area contributed by atoms with E-state index in [1.54, 1.807) is 0 Å². The molecule has 0 amide bonds. The number of nitrogens with zero attached hydrogens (tertiary/aromatic N) is 4. The smallest absolute Gasteiger partial charge is 0.0109 e. The van der Waals surface area contributed by atoms with Crippen molar-refractivity contribution in [3.8, 4) is 0 Å². The third-order valence-corrected chi connectivity index (χ3v) is 5.27. The Morgan fingerprint density at radius 1 is 0.636 bits per heavy atom. The van der Waals surface area contributed by atoms with Gasteiger partial charge in [0.1, 0.15) is 0 Å². The molecule has 0 aromatic heterocycles. The van der Waals surface area contributed by atoms with Crippen LogP contribution in [-0.4, -0.2) is 98.6 Å². The van der Waals surface area contributed by atoms with Crippen LogP contribution in [0.2, 0.25) is 0 Å². The largest absolute Gasteiger partial charge is 0.305 e. The van der Waals surface area contributed by atoms with Gasteiger partial charge in [-0.2, -0.15) is 0 Å². The molecule has 4 nitrogen and oxygen atoms in total. The van der Waals surface area contributed by atoms with Crippen LogP contribution in [-0.2, 0) is 0 Å². The minimum atomic E-state index is 1.24. The molecule has 0 aromatic carbocycles. The zero-order chi connectivity index (χ0) is 15.6. The Labute approximate surface area is 138 Å². The van der Waals surface area contributed by atoms with Crippen molar-refractivity contribution in [2.24, 2.45) is 0 Å². The van der Waals surface area contributed by atoms with Gasteiger partial charge in [-0.1, -0.05) is 13.3 Å². The summed E-state index contributed by atoms with van der Waals surface area (Å²) in [5, 5.41) is 0. The highest BCUT2D eigenvalue weighted by molar-refractivity contribution is 4.71. The molecule has 0 radical (unpaired) electrons. The van der Waals surface area contributed by atoms with Crippen molar-refractivity contribution in [3.05, 3.63) is 0 Å². The van der Waals surface area contributed by atoms with Crippen LogP contribution in [0.5, 0.6) is 0 Å². The summed E-state index contributed by atoms with van der Waals surface area (Å²) in [4.78, 5) is 10.7. The zero-order valence-corrected chi connectivity index (χ0v) is 15.1. The van der Waals surface area contributed by atoms with Crippen molar-refractivity contribution in [3.63, 3.8) is 0 Å². The standard InChI is InChI=1S/C18H38N4/c1-3-4-9-20-11-6-12-21-13-7-14-22(18-17-20)10-5-8-19(2)15-16-21/h3-18H2,1-2H3. The van der Waals surface area contributed by atoms with Crippen LogP contribution in [0.1, 0.15) is 39.0 Å². The van der Waals surface area contributed by atoms with E-state index in [0.717, 1.165) is 0 Å². The predicted octanol–water partition coefficient (Wildman–Crippen LogP) is 1.82. The van der Waals surface area contributed by atoms with Gasteiger partial charge >= 0.3 is 0 Å². The fourth-order valence-electron chi connectivity index (χ4n) is 3.69. The molecule has 2 atom stereocenters. The Hall–Kier alpha value is -0.160. The molecule has 22 heavy (non-hydrogen) atoms. The molecule has 2 bridgehead atoms. The maximum atomic E-state index is 2.72. The van der Waals surface area contributed by atoms with E-state index < -0.39 is 0 Å². The van der Waals surface area contributed by atoms with Gasteiger partial charge in [-0.05, 0) is 78.5 Å². The molecule has 0 aliphatic carbocycles. The van der Waals surface area contributed by atoms with E-state index in [4.69, 9.17) is 0 Å². The number of hydrogen-bond acceptors (Lipinski definition) is 4. The molecule has 2 heterocycles. The Morgan fingerprint density at radius 2 is 1.23 bits per heavy atom. The molecule has 2 fully saturated rings. The summed E-state index contributed by atoms with van der Waals surface area (Å²) in [6.45, 7) is 16.3. The predicted molar refractivity (Wildman–Crippen MR) is 95.6 cm³/mol. The molecule has 2 unspecified atom stereocenters. The lowest BCUT2D eigenvalue weighted by Gasteiger charge is -2.28. The molecule has 2 rings (SSSR count). The first-order valence-electron chi connectivity index (χ1n) is 9.63. The lowest BCUT2D eigenvalue weighted by atomic mass is 10.2. The van der Waals surface area contributed by atoms with Crippen molar-refractivity contribution < 1.29 is 0 Å². The number of hydrogen-bond donors (Lipinski definition) is 0. The Kier molecular flexibility index (Phi) is 8.75. The van der Waals surface area contributed by atoms with Gasteiger partial charge in [0.2, 0.25) is 0 Å². The summed E-state index contributed by atoms with van der Waals surface area (Å²) in [6, 6.07) is 0. The lowest BCUT2D eigenvalue weighted by molar-refractivity contribution is 0.188. The highest BCUT2D eigenvalue weighted by atomic mass is 15.2. The van der Waals surface area contributed by atoms with Gasteiger partial charge in [0.25, 0.3) is 0 Å². The van der Waals surface area contributed by atoms with Crippen molar-refractivity contribution in [1.29, 1.82) is 0 Å². The molecule has 2 saturated heterocycles. The van der Waals surface area contributed by atoms with E-state index >= 15 is 0 Å². The van der Waals surface area contributed by atoms with Gasteiger partial charge in [-0.15, -0.1) is 0 Å². The van der Waals surface area contributed by atoms with E-state index in [-0.39, 0.29) is 0 Å². The molecular formula is C18H38N4. The van der Waals surface area contributed by atoms with Gasteiger partial charge in [-0.3, -0.25) is 0 Å². The van der Waals surface area contributed by atoms with Gasteiger partial charge in [0.15, 0.2) is 0 Å². The Balaban J connectivity index is 1.95. The second kappa shape index (κ2) is 10.6. The third kappa shape index (κ3) is 6.95. The topological polar surface area (TPSA) is 13.0 Å². The molecule has 2 aliphatic rings. The second-order valence-electron chi connectivity index (χ2n) is 7.24. The fourth-order valence-corrected chi connectivity index (χ4v) is 3.69. The summed E-state index contributed by atoms with van der Waals surface area (Å²) in [6.07, 6.45) is 6.69. The number of rotatable bonds is 3. The van der Waals surface area contributed by atoms with Crippen LogP contribution in [0.25, 0.3) is 0 Å². The van der Waals surface area contributed by atoms with E-state index in [0.29, 0.717) is 0 Å². The van der Waals surface area contributed by atoms with Crippen LogP contribution < -0.4 is 0 Å². The van der Waals surface area contributed by atoms with Crippen LogP contribution in [0.3, 0.4) is 0 Å². The molecule has 0 aromatic rings. The van der Waals surface area contributed by atoms with Crippen LogP contribution in [0.15, 0.2) is 0 Å². The van der Waals surface area contributed by atoms with Crippen molar-refractivity contribution >= 4 is 0 Å². The first-order chi connectivity index (χ1) is 10.8. The summed E-state index contributed by atoms with van der Waals surface area (Å²) in [5.74, 6) is 0. The highest BCUT2D eigenvalue weighted by Gasteiger charge is 2.15. The van der Waals surface area contributed by atoms with E-state index in [1.807, 2.05) is 0 Å². The van der Waals surface area contributed by atoms with Crippen LogP contribution in [0.4, 0.5) is 0 Å². The van der Waals surface area contributed by atoms with Gasteiger partial charge < -0.3 is 19.6 Å². The SMILES string of the molecule is CCCCN1CCCN2CCCN(CCCN(C)CC2)CC1. The lowest BCUT2D eigenvalue weighted by Crippen LogP contribution is -2.38. The van der Waals surface area contributed by atoms with Crippen molar-refractivity contribution in [2.75, 3.05) is 79.0 Å². The first-order valence-corrected chi connectivity index (χ1v) is 9.63. The molecule has 4 heteroatoms. The molecule has 130 valence electrons. The number of fused-ring (bicyclic) bond motifs is 4. The minimum Gasteiger partial charge on any atom is -0.305 e. The fraction of sp³-hybridized carbons (Fsp3) is 1.00. The average Bonchev–Trinajstić information content (AvgIpc) is 2.58. The third-order valence-electron chi connectivity index (χ3n) is 5.27. The van der Waals surface area contributed by atoms with Gasteiger partial charge in [-0.25, -0.2) is 0 Å². The van der Waals surface area contributed by atoms with Gasteiger partial charge in [0.05, 0.1) is 0 Å². The zero-order valence-electron chi connectivity index (χ0n) is 15.1. The molecule has 2 aliphatic heterocycles. The number of unbranched alkanes of at least 4 members (excludes halogenated alkanes) is 1. The minimum absolute atomic E-state index is 1.24. The van der Waals surface area contributed by atoms with E-state index in [1.165, 1.54) is 104 Å². The summed E-state index contributed by atoms with van der Waals surface area (Å²) >= 11 is 0. The quantitative estimate of drug-likeness (QED) is 0.788. The highest BCUT2D eigenvalue weighted by Crippen LogP contribution is 2.07. The Bertz CT molecular complexity index is 284. The Morgan fingerprint density at radius 3 is 1.91 bits per heavy atom. The maximum absolute atomic E-state index is 2.72. The normalized spacial score (nSPS) is 30.8. The number of likely N-dealkylation sites (N-methyl/N-ethyl adjacent to an activating group) is 1. The summed E-state index contributed by atoms with van der Waals surface area (Å²) < 4.78 is 0.